The van der Waals surface area contributed by atoms with E-state index < -0.39 is 6.10 Å². The molecule has 1 aliphatic carbocycles. The number of ether oxygens (including phenoxy) is 1. The van der Waals surface area contributed by atoms with Crippen molar-refractivity contribution in [3.05, 3.63) is 29.3 Å². The molecule has 0 aliphatic heterocycles. The van der Waals surface area contributed by atoms with Gasteiger partial charge in [-0.1, -0.05) is 6.07 Å². The first-order valence-corrected chi connectivity index (χ1v) is 7.18. The van der Waals surface area contributed by atoms with E-state index >= 15 is 0 Å². The van der Waals surface area contributed by atoms with Gasteiger partial charge >= 0.3 is 0 Å². The highest BCUT2D eigenvalue weighted by atomic mass is 16.5. The summed E-state index contributed by atoms with van der Waals surface area (Å²) in [4.78, 5) is 0. The summed E-state index contributed by atoms with van der Waals surface area (Å²) in [5, 5.41) is 13.8. The third kappa shape index (κ3) is 3.95. The molecule has 106 valence electrons. The molecule has 3 heteroatoms. The van der Waals surface area contributed by atoms with E-state index in [4.69, 9.17) is 4.74 Å². The van der Waals surface area contributed by atoms with Crippen LogP contribution < -0.4 is 10.1 Å². The summed E-state index contributed by atoms with van der Waals surface area (Å²) in [6, 6.07) is 6.63. The Morgan fingerprint density at radius 2 is 1.95 bits per heavy atom. The van der Waals surface area contributed by atoms with Gasteiger partial charge in [-0.05, 0) is 63.8 Å². The highest BCUT2D eigenvalue weighted by Crippen LogP contribution is 2.27. The Labute approximate surface area is 116 Å². The molecule has 0 heterocycles. The van der Waals surface area contributed by atoms with E-state index in [1.54, 1.807) is 0 Å². The molecule has 0 amide bonds. The maximum Gasteiger partial charge on any atom is 0.122 e. The van der Waals surface area contributed by atoms with Crippen LogP contribution in [0.1, 0.15) is 50.8 Å². The molecule has 0 saturated heterocycles. The third-order valence-electron chi connectivity index (χ3n) is 3.45. The van der Waals surface area contributed by atoms with Gasteiger partial charge < -0.3 is 15.2 Å². The number of aryl methyl sites for hydroxylation is 1. The molecular formula is C16H25NO2. The highest BCUT2D eigenvalue weighted by Gasteiger charge is 2.26. The first-order chi connectivity index (χ1) is 8.97. The highest BCUT2D eigenvalue weighted by molar-refractivity contribution is 5.37. The van der Waals surface area contributed by atoms with Crippen LogP contribution in [0.5, 0.6) is 5.75 Å². The average Bonchev–Trinajstić information content (AvgIpc) is 3.14. The van der Waals surface area contributed by atoms with E-state index in [1.165, 1.54) is 12.8 Å². The van der Waals surface area contributed by atoms with Crippen LogP contribution in [0.15, 0.2) is 18.2 Å². The van der Waals surface area contributed by atoms with Crippen molar-refractivity contribution in [2.24, 2.45) is 0 Å². The van der Waals surface area contributed by atoms with Crippen LogP contribution in [0.4, 0.5) is 0 Å². The topological polar surface area (TPSA) is 41.5 Å². The predicted molar refractivity (Wildman–Crippen MR) is 77.5 cm³/mol. The van der Waals surface area contributed by atoms with Crippen molar-refractivity contribution in [3.63, 3.8) is 0 Å². The summed E-state index contributed by atoms with van der Waals surface area (Å²) in [5.74, 6) is 0.897. The van der Waals surface area contributed by atoms with E-state index in [1.807, 2.05) is 45.9 Å². The second kappa shape index (κ2) is 5.93. The Morgan fingerprint density at radius 1 is 1.26 bits per heavy atom. The van der Waals surface area contributed by atoms with E-state index in [2.05, 4.69) is 5.32 Å². The van der Waals surface area contributed by atoms with Gasteiger partial charge in [0, 0.05) is 12.1 Å². The zero-order valence-corrected chi connectivity index (χ0v) is 12.3. The van der Waals surface area contributed by atoms with Gasteiger partial charge in [-0.25, -0.2) is 0 Å². The number of rotatable bonds is 6. The van der Waals surface area contributed by atoms with Gasteiger partial charge in [-0.3, -0.25) is 0 Å². The van der Waals surface area contributed by atoms with Gasteiger partial charge in [-0.15, -0.1) is 0 Å². The van der Waals surface area contributed by atoms with E-state index in [-0.39, 0.29) is 12.1 Å². The molecule has 1 aliphatic rings. The third-order valence-corrected chi connectivity index (χ3v) is 3.45. The fraction of sp³-hybridized carbons (Fsp3) is 0.625. The number of hydrogen-bond donors (Lipinski definition) is 2. The number of hydrogen-bond acceptors (Lipinski definition) is 3. The van der Waals surface area contributed by atoms with Crippen LogP contribution in [-0.2, 0) is 0 Å². The minimum absolute atomic E-state index is 0.0868. The van der Waals surface area contributed by atoms with Crippen molar-refractivity contribution in [2.45, 2.75) is 64.8 Å². The largest absolute Gasteiger partial charge is 0.491 e. The van der Waals surface area contributed by atoms with Crippen molar-refractivity contribution < 1.29 is 9.84 Å². The molecule has 0 bridgehead atoms. The summed E-state index contributed by atoms with van der Waals surface area (Å²) < 4.78 is 5.72. The molecule has 19 heavy (non-hydrogen) atoms. The minimum Gasteiger partial charge on any atom is -0.491 e. The second-order valence-electron chi connectivity index (χ2n) is 5.87. The first kappa shape index (κ1) is 14.4. The Kier molecular flexibility index (Phi) is 4.48. The molecule has 1 fully saturated rings. The molecule has 2 rings (SSSR count). The molecule has 2 N–H and O–H groups in total. The molecule has 3 nitrogen and oxygen atoms in total. The smallest absolute Gasteiger partial charge is 0.122 e. The predicted octanol–water partition coefficient (Wildman–Crippen LogP) is 2.96. The fourth-order valence-electron chi connectivity index (χ4n) is 2.24. The van der Waals surface area contributed by atoms with Crippen molar-refractivity contribution in [3.8, 4) is 5.75 Å². The Bertz CT molecular complexity index is 427. The van der Waals surface area contributed by atoms with Crippen molar-refractivity contribution in [2.75, 3.05) is 0 Å². The molecule has 0 radical (unpaired) electrons. The van der Waals surface area contributed by atoms with E-state index in [0.717, 1.165) is 16.9 Å². The molecule has 1 aromatic carbocycles. The summed E-state index contributed by atoms with van der Waals surface area (Å²) in [6.45, 7) is 8.09. The minimum atomic E-state index is -0.465. The van der Waals surface area contributed by atoms with Crippen LogP contribution >= 0.6 is 0 Å². The maximum absolute atomic E-state index is 10.4. The van der Waals surface area contributed by atoms with Gasteiger partial charge in [-0.2, -0.15) is 0 Å². The second-order valence-corrected chi connectivity index (χ2v) is 5.87. The van der Waals surface area contributed by atoms with Gasteiger partial charge in [0.15, 0.2) is 0 Å². The molecule has 1 saturated carbocycles. The zero-order valence-electron chi connectivity index (χ0n) is 12.3. The summed E-state index contributed by atoms with van der Waals surface area (Å²) in [6.07, 6.45) is 2.17. The van der Waals surface area contributed by atoms with Crippen molar-refractivity contribution in [1.29, 1.82) is 0 Å². The molecule has 0 aromatic heterocycles. The van der Waals surface area contributed by atoms with E-state index in [9.17, 15) is 5.11 Å². The average molecular weight is 263 g/mol. The molecule has 1 aromatic rings. The lowest BCUT2D eigenvalue weighted by Crippen LogP contribution is -2.33. The van der Waals surface area contributed by atoms with Crippen LogP contribution in [0.3, 0.4) is 0 Å². The monoisotopic (exact) mass is 263 g/mol. The Balaban J connectivity index is 2.04. The van der Waals surface area contributed by atoms with Gasteiger partial charge in [0.1, 0.15) is 5.75 Å². The number of nitrogens with one attached hydrogen (secondary N) is 1. The molecule has 2 unspecified atom stereocenters. The summed E-state index contributed by atoms with van der Waals surface area (Å²) in [7, 11) is 0. The molecular weight excluding hydrogens is 238 g/mol. The van der Waals surface area contributed by atoms with Crippen molar-refractivity contribution >= 4 is 0 Å². The normalized spacial score (nSPS) is 18.4. The van der Waals surface area contributed by atoms with Crippen molar-refractivity contribution in [1.82, 2.24) is 5.32 Å². The lowest BCUT2D eigenvalue weighted by atomic mass is 10.0. The van der Waals surface area contributed by atoms with Gasteiger partial charge in [0.2, 0.25) is 0 Å². The maximum atomic E-state index is 10.4. The van der Waals surface area contributed by atoms with Gasteiger partial charge in [0.25, 0.3) is 0 Å². The molecule has 0 spiro atoms. The fourth-order valence-corrected chi connectivity index (χ4v) is 2.24. The van der Waals surface area contributed by atoms with Crippen LogP contribution in [-0.4, -0.2) is 23.3 Å². The number of aliphatic hydroxyl groups excluding tert-OH is 1. The van der Waals surface area contributed by atoms with Crippen LogP contribution in [0, 0.1) is 6.92 Å². The lowest BCUT2D eigenvalue weighted by Gasteiger charge is -2.22. The van der Waals surface area contributed by atoms with Crippen LogP contribution in [0.25, 0.3) is 0 Å². The SMILES string of the molecule is Cc1cc(C(O)C(C)NC2CC2)ccc1OC(C)C. The lowest BCUT2D eigenvalue weighted by molar-refractivity contribution is 0.135. The summed E-state index contributed by atoms with van der Waals surface area (Å²) in [5.41, 5.74) is 2.03. The van der Waals surface area contributed by atoms with E-state index in [0.29, 0.717) is 6.04 Å². The Hall–Kier alpha value is -1.06. The summed E-state index contributed by atoms with van der Waals surface area (Å²) >= 11 is 0. The van der Waals surface area contributed by atoms with Gasteiger partial charge in [0.05, 0.1) is 12.2 Å². The standard InChI is InChI=1S/C16H25NO2/c1-10(2)19-15-8-5-13(9-11(15)3)16(18)12(4)17-14-6-7-14/h5,8-10,12,14,16-18H,6-7H2,1-4H3. The number of benzene rings is 1. The Morgan fingerprint density at radius 3 is 2.47 bits per heavy atom. The number of aliphatic hydroxyl groups is 1. The van der Waals surface area contributed by atoms with Crippen LogP contribution in [0.2, 0.25) is 0 Å². The quantitative estimate of drug-likeness (QED) is 0.829. The molecule has 2 atom stereocenters. The first-order valence-electron chi connectivity index (χ1n) is 7.18. The zero-order chi connectivity index (χ0) is 14.0.